The second-order valence-electron chi connectivity index (χ2n) is 9.79. The van der Waals surface area contributed by atoms with Crippen LogP contribution in [0.1, 0.15) is 52.6 Å². The minimum absolute atomic E-state index is 0.196. The van der Waals surface area contributed by atoms with Gasteiger partial charge in [-0.1, -0.05) is 72.8 Å². The third kappa shape index (κ3) is 4.71. The Bertz CT molecular complexity index is 1330. The van der Waals surface area contributed by atoms with Crippen LogP contribution in [0.3, 0.4) is 0 Å². The predicted octanol–water partition coefficient (Wildman–Crippen LogP) is 5.74. The summed E-state index contributed by atoms with van der Waals surface area (Å²) in [6.07, 6.45) is 0.987. The van der Waals surface area contributed by atoms with Crippen LogP contribution < -0.4 is 9.64 Å². The smallest absolute Gasteiger partial charge is 0.234 e. The van der Waals surface area contributed by atoms with Crippen molar-refractivity contribution in [1.82, 2.24) is 9.88 Å². The molecule has 0 N–H and O–H groups in total. The van der Waals surface area contributed by atoms with E-state index in [-0.39, 0.29) is 12.0 Å². The van der Waals surface area contributed by atoms with Gasteiger partial charge in [0, 0.05) is 32.1 Å². The number of aromatic nitrogens is 1. The summed E-state index contributed by atoms with van der Waals surface area (Å²) in [5.74, 6) is 2.75. The molecule has 2 aliphatic rings. The quantitative estimate of drug-likeness (QED) is 0.329. The molecular weight excluding hydrogens is 460 g/mol. The Hall–Kier alpha value is -4.08. The van der Waals surface area contributed by atoms with Crippen molar-refractivity contribution in [2.24, 2.45) is 0 Å². The fourth-order valence-corrected chi connectivity index (χ4v) is 5.53. The number of oxazole rings is 1. The van der Waals surface area contributed by atoms with E-state index in [1.54, 1.807) is 7.11 Å². The Balaban J connectivity index is 1.17. The van der Waals surface area contributed by atoms with Gasteiger partial charge in [-0.2, -0.15) is 5.26 Å². The molecule has 0 radical (unpaired) electrons. The molecular formula is C31H30N4O2. The van der Waals surface area contributed by atoms with Gasteiger partial charge in [0.25, 0.3) is 0 Å². The number of anilines is 1. The topological polar surface area (TPSA) is 65.5 Å². The van der Waals surface area contributed by atoms with Gasteiger partial charge in [-0.25, -0.2) is 4.98 Å². The molecule has 6 nitrogen and oxygen atoms in total. The molecule has 6 heteroatoms. The molecule has 0 bridgehead atoms. The first-order chi connectivity index (χ1) is 18.2. The van der Waals surface area contributed by atoms with Crippen LogP contribution in [0.4, 0.5) is 5.88 Å². The Kier molecular flexibility index (Phi) is 6.38. The molecule has 1 aliphatic heterocycles. The van der Waals surface area contributed by atoms with Crippen LogP contribution in [0.25, 0.3) is 0 Å². The third-order valence-electron chi connectivity index (χ3n) is 7.58. The highest BCUT2D eigenvalue weighted by molar-refractivity contribution is 5.50. The van der Waals surface area contributed by atoms with E-state index in [9.17, 15) is 5.26 Å². The van der Waals surface area contributed by atoms with Gasteiger partial charge >= 0.3 is 0 Å². The minimum Gasteiger partial charge on any atom is -0.497 e. The number of ether oxygens (including phenoxy) is 1. The SMILES string of the molecule is COc1ccc(C2CC2c2nc(C#N)c(N3CCN(C(c4ccccc4)c4ccccc4)CC3)o2)cc1. The summed E-state index contributed by atoms with van der Waals surface area (Å²) >= 11 is 0. The summed E-state index contributed by atoms with van der Waals surface area (Å²) in [6.45, 7) is 3.30. The lowest BCUT2D eigenvalue weighted by molar-refractivity contribution is 0.209. The summed E-state index contributed by atoms with van der Waals surface area (Å²) in [4.78, 5) is 9.32. The average Bonchev–Trinajstić information content (AvgIpc) is 3.65. The zero-order valence-electron chi connectivity index (χ0n) is 21.0. The number of rotatable bonds is 7. The normalized spacial score (nSPS) is 19.5. The maximum absolute atomic E-state index is 9.82. The standard InChI is InChI=1S/C31H30N4O2/c1-36-25-14-12-22(13-15-25)26-20-27(26)30-33-28(21-32)31(37-30)35-18-16-34(17-19-35)29(23-8-4-2-5-9-23)24-10-6-3-7-11-24/h2-15,26-27,29H,16-20H2,1H3. The van der Waals surface area contributed by atoms with E-state index in [4.69, 9.17) is 9.15 Å². The monoisotopic (exact) mass is 490 g/mol. The van der Waals surface area contributed by atoms with Crippen molar-refractivity contribution >= 4 is 5.88 Å². The van der Waals surface area contributed by atoms with Gasteiger partial charge in [0.1, 0.15) is 11.8 Å². The number of benzene rings is 3. The van der Waals surface area contributed by atoms with Gasteiger partial charge in [-0.05, 0) is 41.2 Å². The Labute approximate surface area is 217 Å². The summed E-state index contributed by atoms with van der Waals surface area (Å²) in [6, 6.07) is 32.0. The summed E-state index contributed by atoms with van der Waals surface area (Å²) in [5, 5.41) is 9.82. The molecule has 1 aromatic heterocycles. The van der Waals surface area contributed by atoms with E-state index in [1.165, 1.54) is 16.7 Å². The molecule has 4 aromatic rings. The van der Waals surface area contributed by atoms with Crippen molar-refractivity contribution in [2.45, 2.75) is 24.3 Å². The van der Waals surface area contributed by atoms with Crippen molar-refractivity contribution in [1.29, 1.82) is 5.26 Å². The Morgan fingerprint density at radius 3 is 2.05 bits per heavy atom. The molecule has 1 saturated carbocycles. The highest BCUT2D eigenvalue weighted by atomic mass is 16.5. The molecule has 1 saturated heterocycles. The first-order valence-electron chi connectivity index (χ1n) is 12.9. The van der Waals surface area contributed by atoms with E-state index >= 15 is 0 Å². The van der Waals surface area contributed by atoms with E-state index in [0.29, 0.717) is 23.4 Å². The maximum Gasteiger partial charge on any atom is 0.234 e. The first-order valence-corrected chi connectivity index (χ1v) is 12.9. The van der Waals surface area contributed by atoms with Crippen LogP contribution >= 0.6 is 0 Å². The molecule has 3 aromatic carbocycles. The number of nitrogens with zero attached hydrogens (tertiary/aromatic N) is 4. The van der Waals surface area contributed by atoms with Gasteiger partial charge < -0.3 is 14.1 Å². The van der Waals surface area contributed by atoms with Crippen molar-refractivity contribution in [3.8, 4) is 11.8 Å². The van der Waals surface area contributed by atoms with Crippen molar-refractivity contribution < 1.29 is 9.15 Å². The highest BCUT2D eigenvalue weighted by Crippen LogP contribution is 2.55. The molecule has 6 rings (SSSR count). The molecule has 0 spiro atoms. The largest absolute Gasteiger partial charge is 0.497 e. The second-order valence-corrected chi connectivity index (χ2v) is 9.79. The van der Waals surface area contributed by atoms with Gasteiger partial charge in [0.05, 0.1) is 13.2 Å². The molecule has 2 unspecified atom stereocenters. The van der Waals surface area contributed by atoms with E-state index in [0.717, 1.165) is 38.3 Å². The number of nitriles is 1. The van der Waals surface area contributed by atoms with E-state index < -0.39 is 0 Å². The van der Waals surface area contributed by atoms with E-state index in [2.05, 4.69) is 93.6 Å². The Morgan fingerprint density at radius 2 is 1.49 bits per heavy atom. The molecule has 186 valence electrons. The van der Waals surface area contributed by atoms with Gasteiger partial charge in [0.2, 0.25) is 17.5 Å². The predicted molar refractivity (Wildman–Crippen MR) is 143 cm³/mol. The summed E-state index contributed by atoms with van der Waals surface area (Å²) in [5.41, 5.74) is 4.23. The number of hydrogen-bond donors (Lipinski definition) is 0. The van der Waals surface area contributed by atoms with Crippen molar-refractivity contribution in [3.05, 3.63) is 113 Å². The lowest BCUT2D eigenvalue weighted by Gasteiger charge is -2.39. The third-order valence-corrected chi connectivity index (χ3v) is 7.58. The molecule has 2 fully saturated rings. The highest BCUT2D eigenvalue weighted by Gasteiger charge is 2.44. The van der Waals surface area contributed by atoms with Gasteiger partial charge in [0.15, 0.2) is 0 Å². The summed E-state index contributed by atoms with van der Waals surface area (Å²) < 4.78 is 11.6. The zero-order chi connectivity index (χ0) is 25.2. The Morgan fingerprint density at radius 1 is 0.865 bits per heavy atom. The fraction of sp³-hybridized carbons (Fsp3) is 0.290. The summed E-state index contributed by atoms with van der Waals surface area (Å²) in [7, 11) is 1.68. The second kappa shape index (κ2) is 10.1. The van der Waals surface area contributed by atoms with Gasteiger partial charge in [-0.15, -0.1) is 0 Å². The molecule has 2 heterocycles. The van der Waals surface area contributed by atoms with Crippen LogP contribution in [0.2, 0.25) is 0 Å². The number of piperazine rings is 1. The average molecular weight is 491 g/mol. The van der Waals surface area contributed by atoms with Crippen molar-refractivity contribution in [3.63, 3.8) is 0 Å². The fourth-order valence-electron chi connectivity index (χ4n) is 5.53. The zero-order valence-corrected chi connectivity index (χ0v) is 21.0. The van der Waals surface area contributed by atoms with Gasteiger partial charge in [-0.3, -0.25) is 4.90 Å². The molecule has 1 aliphatic carbocycles. The maximum atomic E-state index is 9.82. The van der Waals surface area contributed by atoms with Crippen LogP contribution in [-0.2, 0) is 0 Å². The molecule has 2 atom stereocenters. The lowest BCUT2D eigenvalue weighted by atomic mass is 9.96. The molecule has 37 heavy (non-hydrogen) atoms. The van der Waals surface area contributed by atoms with Crippen LogP contribution in [0.15, 0.2) is 89.3 Å². The number of hydrogen-bond acceptors (Lipinski definition) is 6. The van der Waals surface area contributed by atoms with E-state index in [1.807, 2.05) is 12.1 Å². The molecule has 0 amide bonds. The number of methoxy groups -OCH3 is 1. The van der Waals surface area contributed by atoms with Crippen molar-refractivity contribution in [2.75, 3.05) is 38.2 Å². The minimum atomic E-state index is 0.196. The lowest BCUT2D eigenvalue weighted by Crippen LogP contribution is -2.48. The van der Waals surface area contributed by atoms with Crippen LogP contribution in [0, 0.1) is 11.3 Å². The first kappa shape index (κ1) is 23.3. The van der Waals surface area contributed by atoms with Crippen LogP contribution in [-0.4, -0.2) is 43.2 Å². The van der Waals surface area contributed by atoms with Crippen LogP contribution in [0.5, 0.6) is 5.75 Å².